The van der Waals surface area contributed by atoms with E-state index in [9.17, 15) is 9.59 Å². The summed E-state index contributed by atoms with van der Waals surface area (Å²) < 4.78 is 0. The average Bonchev–Trinajstić information content (AvgIpc) is 2.25. The van der Waals surface area contributed by atoms with Crippen molar-refractivity contribution in [2.75, 3.05) is 0 Å². The molecule has 1 N–H and O–H groups in total. The van der Waals surface area contributed by atoms with Crippen LogP contribution in [0.4, 0.5) is 0 Å². The first kappa shape index (κ1) is 13.9. The molecule has 5 heteroatoms. The summed E-state index contributed by atoms with van der Waals surface area (Å²) in [5.41, 5.74) is 0. The Labute approximate surface area is 89.3 Å². The molecule has 0 fully saturated rings. The van der Waals surface area contributed by atoms with Crippen LogP contribution < -0.4 is 0 Å². The molecule has 0 saturated carbocycles. The summed E-state index contributed by atoms with van der Waals surface area (Å²) in [6, 6.07) is 0. The van der Waals surface area contributed by atoms with Crippen molar-refractivity contribution < 1.29 is 24.5 Å². The zero-order valence-corrected chi connectivity index (χ0v) is 9.19. The minimum absolute atomic E-state index is 0.226. The Hall–Kier alpha value is -1.10. The lowest BCUT2D eigenvalue weighted by atomic mass is 10.2. The summed E-state index contributed by atoms with van der Waals surface area (Å²) in [4.78, 5) is 30.2. The van der Waals surface area contributed by atoms with Crippen LogP contribution in [-0.2, 0) is 19.4 Å². The van der Waals surface area contributed by atoms with Crippen LogP contribution >= 0.6 is 0 Å². The van der Waals surface area contributed by atoms with E-state index in [0.29, 0.717) is 6.42 Å². The molecule has 0 spiro atoms. The fraction of sp³-hybridized carbons (Fsp3) is 0.800. The van der Waals surface area contributed by atoms with E-state index < -0.39 is 18.0 Å². The summed E-state index contributed by atoms with van der Waals surface area (Å²) in [6.45, 7) is 3.64. The number of rotatable bonds is 6. The van der Waals surface area contributed by atoms with E-state index in [0.717, 1.165) is 12.8 Å². The fourth-order valence-electron chi connectivity index (χ4n) is 0.871. The van der Waals surface area contributed by atoms with Gasteiger partial charge in [0.25, 0.3) is 0 Å². The van der Waals surface area contributed by atoms with Gasteiger partial charge in [0.05, 0.1) is 6.42 Å². The fourth-order valence-corrected chi connectivity index (χ4v) is 0.871. The van der Waals surface area contributed by atoms with Crippen LogP contribution in [0, 0.1) is 0 Å². The van der Waals surface area contributed by atoms with Crippen LogP contribution in [0.25, 0.3) is 0 Å². The van der Waals surface area contributed by atoms with Gasteiger partial charge in [0.15, 0.2) is 6.10 Å². The smallest absolute Gasteiger partial charge is 0.381 e. The van der Waals surface area contributed by atoms with Gasteiger partial charge in [-0.25, -0.2) is 19.4 Å². The SMILES string of the molecule is CCCCCC(=O)OOC(=O)C(O)CC. The van der Waals surface area contributed by atoms with Gasteiger partial charge in [-0.05, 0) is 12.8 Å². The third kappa shape index (κ3) is 6.90. The molecule has 0 aromatic rings. The van der Waals surface area contributed by atoms with Crippen molar-refractivity contribution >= 4 is 11.9 Å². The average molecular weight is 218 g/mol. The molecule has 0 radical (unpaired) electrons. The first-order valence-corrected chi connectivity index (χ1v) is 5.21. The highest BCUT2D eigenvalue weighted by Gasteiger charge is 2.17. The summed E-state index contributed by atoms with van der Waals surface area (Å²) in [6.07, 6.45) is 1.87. The number of aliphatic hydroxyl groups is 1. The van der Waals surface area contributed by atoms with Crippen LogP contribution in [0.3, 0.4) is 0 Å². The Kier molecular flexibility index (Phi) is 7.62. The molecule has 0 aromatic heterocycles. The van der Waals surface area contributed by atoms with Crippen molar-refractivity contribution in [3.63, 3.8) is 0 Å². The standard InChI is InChI=1S/C10H18O5/c1-3-5-6-7-9(12)14-15-10(13)8(11)4-2/h8,11H,3-7H2,1-2H3. The number of aliphatic hydroxyl groups excluding tert-OH is 1. The minimum atomic E-state index is -1.23. The zero-order chi connectivity index (χ0) is 11.7. The summed E-state index contributed by atoms with van der Waals surface area (Å²) in [5.74, 6) is -1.51. The number of hydrogen-bond acceptors (Lipinski definition) is 5. The summed E-state index contributed by atoms with van der Waals surface area (Å²) >= 11 is 0. The maximum absolute atomic E-state index is 11.0. The Morgan fingerprint density at radius 1 is 1.20 bits per heavy atom. The largest absolute Gasteiger partial charge is 0.383 e. The van der Waals surface area contributed by atoms with Crippen molar-refractivity contribution in [2.24, 2.45) is 0 Å². The van der Waals surface area contributed by atoms with Gasteiger partial charge in [-0.15, -0.1) is 0 Å². The molecule has 0 rings (SSSR count). The highest BCUT2D eigenvalue weighted by molar-refractivity contribution is 5.75. The Morgan fingerprint density at radius 2 is 1.87 bits per heavy atom. The molecular weight excluding hydrogens is 200 g/mol. The first-order chi connectivity index (χ1) is 7.11. The first-order valence-electron chi connectivity index (χ1n) is 5.21. The van der Waals surface area contributed by atoms with Gasteiger partial charge in [0.2, 0.25) is 0 Å². The maximum atomic E-state index is 11.0. The van der Waals surface area contributed by atoms with Gasteiger partial charge < -0.3 is 5.11 Å². The molecule has 0 aliphatic rings. The van der Waals surface area contributed by atoms with E-state index in [1.54, 1.807) is 6.92 Å². The van der Waals surface area contributed by atoms with Crippen LogP contribution in [0.5, 0.6) is 0 Å². The quantitative estimate of drug-likeness (QED) is 0.413. The van der Waals surface area contributed by atoms with Gasteiger partial charge in [-0.2, -0.15) is 0 Å². The van der Waals surface area contributed by atoms with E-state index in [1.165, 1.54) is 0 Å². The third-order valence-electron chi connectivity index (χ3n) is 1.86. The molecular formula is C10H18O5. The molecule has 1 unspecified atom stereocenters. The monoisotopic (exact) mass is 218 g/mol. The van der Waals surface area contributed by atoms with Crippen molar-refractivity contribution in [3.05, 3.63) is 0 Å². The molecule has 15 heavy (non-hydrogen) atoms. The van der Waals surface area contributed by atoms with Crippen molar-refractivity contribution in [1.29, 1.82) is 0 Å². The number of carbonyl (C=O) groups is 2. The molecule has 1 atom stereocenters. The van der Waals surface area contributed by atoms with Gasteiger partial charge in [-0.3, -0.25) is 0 Å². The van der Waals surface area contributed by atoms with Crippen molar-refractivity contribution in [1.82, 2.24) is 0 Å². The number of hydrogen-bond donors (Lipinski definition) is 1. The number of unbranched alkanes of at least 4 members (excludes halogenated alkanes) is 2. The second kappa shape index (κ2) is 8.23. The van der Waals surface area contributed by atoms with Crippen molar-refractivity contribution in [3.8, 4) is 0 Å². The highest BCUT2D eigenvalue weighted by atomic mass is 17.2. The highest BCUT2D eigenvalue weighted by Crippen LogP contribution is 2.02. The van der Waals surface area contributed by atoms with Gasteiger partial charge >= 0.3 is 11.9 Å². The predicted octanol–water partition coefficient (Wildman–Crippen LogP) is 1.34. The molecule has 0 aliphatic carbocycles. The van der Waals surface area contributed by atoms with Crippen LogP contribution in [0.1, 0.15) is 46.0 Å². The lowest BCUT2D eigenvalue weighted by molar-refractivity contribution is -0.264. The second-order valence-corrected chi connectivity index (χ2v) is 3.24. The molecule has 0 aromatic carbocycles. The predicted molar refractivity (Wildman–Crippen MR) is 52.6 cm³/mol. The van der Waals surface area contributed by atoms with Gasteiger partial charge in [0, 0.05) is 0 Å². The molecule has 0 saturated heterocycles. The van der Waals surface area contributed by atoms with Crippen molar-refractivity contribution in [2.45, 2.75) is 52.1 Å². The van der Waals surface area contributed by atoms with Crippen LogP contribution in [0.15, 0.2) is 0 Å². The lowest BCUT2D eigenvalue weighted by Gasteiger charge is -2.06. The Balaban J connectivity index is 3.57. The minimum Gasteiger partial charge on any atom is -0.381 e. The zero-order valence-electron chi connectivity index (χ0n) is 9.19. The molecule has 0 heterocycles. The van der Waals surface area contributed by atoms with E-state index >= 15 is 0 Å². The molecule has 0 aliphatic heterocycles. The second-order valence-electron chi connectivity index (χ2n) is 3.24. The maximum Gasteiger partial charge on any atom is 0.383 e. The number of carbonyl (C=O) groups excluding carboxylic acids is 2. The molecule has 5 nitrogen and oxygen atoms in total. The lowest BCUT2D eigenvalue weighted by Crippen LogP contribution is -2.23. The normalized spacial score (nSPS) is 11.9. The topological polar surface area (TPSA) is 72.8 Å². The van der Waals surface area contributed by atoms with Crippen LogP contribution in [0.2, 0.25) is 0 Å². The van der Waals surface area contributed by atoms with E-state index in [2.05, 4.69) is 9.78 Å². The summed E-state index contributed by atoms with van der Waals surface area (Å²) in [7, 11) is 0. The van der Waals surface area contributed by atoms with Crippen LogP contribution in [-0.4, -0.2) is 23.1 Å². The van der Waals surface area contributed by atoms with E-state index in [-0.39, 0.29) is 12.8 Å². The van der Waals surface area contributed by atoms with Gasteiger partial charge in [-0.1, -0.05) is 26.7 Å². The van der Waals surface area contributed by atoms with E-state index in [1.807, 2.05) is 6.92 Å². The third-order valence-corrected chi connectivity index (χ3v) is 1.86. The molecule has 0 amide bonds. The van der Waals surface area contributed by atoms with Gasteiger partial charge in [0.1, 0.15) is 0 Å². The molecule has 0 bridgehead atoms. The molecule has 88 valence electrons. The van der Waals surface area contributed by atoms with E-state index in [4.69, 9.17) is 5.11 Å². The Morgan fingerprint density at radius 3 is 2.40 bits per heavy atom. The Bertz CT molecular complexity index is 202. The summed E-state index contributed by atoms with van der Waals surface area (Å²) in [5, 5.41) is 8.99.